The largest absolute Gasteiger partial charge is 0.492 e. The van der Waals surface area contributed by atoms with Crippen molar-refractivity contribution in [2.45, 2.75) is 19.4 Å². The summed E-state index contributed by atoms with van der Waals surface area (Å²) in [5.74, 6) is 7.00. The first-order valence-electron chi connectivity index (χ1n) is 9.78. The molecule has 0 saturated heterocycles. The Hall–Kier alpha value is -2.84. The molecule has 30 heavy (non-hydrogen) atoms. The molecule has 0 unspecified atom stereocenters. The number of halogens is 1. The van der Waals surface area contributed by atoms with Gasteiger partial charge in [-0.3, -0.25) is 0 Å². The highest BCUT2D eigenvalue weighted by Crippen LogP contribution is 2.20. The van der Waals surface area contributed by atoms with Crippen LogP contribution in [0, 0.1) is 11.8 Å². The second-order valence-electron chi connectivity index (χ2n) is 7.53. The number of aliphatic hydroxyl groups is 1. The minimum absolute atomic E-state index is 0.0824. The molecule has 0 bridgehead atoms. The zero-order valence-electron chi connectivity index (χ0n) is 17.2. The van der Waals surface area contributed by atoms with Crippen LogP contribution in [0.5, 0.6) is 5.75 Å². The van der Waals surface area contributed by atoms with Crippen molar-refractivity contribution in [1.29, 1.82) is 0 Å². The van der Waals surface area contributed by atoms with E-state index in [1.165, 1.54) is 0 Å². The van der Waals surface area contributed by atoms with Gasteiger partial charge < -0.3 is 15.2 Å². The highest BCUT2D eigenvalue weighted by atomic mass is 35.5. The molecule has 0 aliphatic carbocycles. The Morgan fingerprint density at radius 3 is 2.30 bits per heavy atom. The second-order valence-corrected chi connectivity index (χ2v) is 7.97. The molecule has 154 valence electrons. The van der Waals surface area contributed by atoms with E-state index < -0.39 is 0 Å². The Bertz CT molecular complexity index is 1000. The summed E-state index contributed by atoms with van der Waals surface area (Å²) < 4.78 is 5.71. The van der Waals surface area contributed by atoms with Gasteiger partial charge in [0.05, 0.1) is 6.61 Å². The molecule has 0 aliphatic rings. The first-order chi connectivity index (χ1) is 14.4. The SMILES string of the molecule is CC(C)(CO)NCCOc1ccc(C#Cc2ccc(-c3ccc(Cl)cc3)cn2)cc1. The number of aliphatic hydroxyl groups excluding tert-OH is 1. The highest BCUT2D eigenvalue weighted by molar-refractivity contribution is 6.30. The van der Waals surface area contributed by atoms with E-state index in [1.54, 1.807) is 0 Å². The van der Waals surface area contributed by atoms with Crippen LogP contribution in [0.4, 0.5) is 0 Å². The number of pyridine rings is 1. The molecule has 1 heterocycles. The van der Waals surface area contributed by atoms with Crippen molar-refractivity contribution in [3.8, 4) is 28.7 Å². The predicted molar refractivity (Wildman–Crippen MR) is 122 cm³/mol. The van der Waals surface area contributed by atoms with Crippen LogP contribution in [0.1, 0.15) is 25.1 Å². The first-order valence-corrected chi connectivity index (χ1v) is 10.2. The van der Waals surface area contributed by atoms with Gasteiger partial charge in [0.1, 0.15) is 18.1 Å². The van der Waals surface area contributed by atoms with Gasteiger partial charge in [-0.2, -0.15) is 0 Å². The van der Waals surface area contributed by atoms with Gasteiger partial charge in [0.15, 0.2) is 0 Å². The predicted octanol–water partition coefficient (Wildman–Crippen LogP) is 4.54. The van der Waals surface area contributed by atoms with Crippen molar-refractivity contribution in [3.63, 3.8) is 0 Å². The number of nitrogens with zero attached hydrogens (tertiary/aromatic N) is 1. The van der Waals surface area contributed by atoms with E-state index in [9.17, 15) is 5.11 Å². The van der Waals surface area contributed by atoms with E-state index in [0.717, 1.165) is 22.4 Å². The minimum atomic E-state index is -0.302. The number of aromatic nitrogens is 1. The van der Waals surface area contributed by atoms with Crippen LogP contribution in [-0.4, -0.2) is 35.4 Å². The zero-order valence-corrected chi connectivity index (χ0v) is 17.9. The summed E-state index contributed by atoms with van der Waals surface area (Å²) in [6, 6.07) is 19.2. The molecule has 5 heteroatoms. The Balaban J connectivity index is 1.54. The van der Waals surface area contributed by atoms with Gasteiger partial charge in [0, 0.05) is 34.4 Å². The summed E-state index contributed by atoms with van der Waals surface area (Å²) in [7, 11) is 0. The fourth-order valence-corrected chi connectivity index (χ4v) is 2.79. The molecule has 0 amide bonds. The van der Waals surface area contributed by atoms with Gasteiger partial charge >= 0.3 is 0 Å². The van der Waals surface area contributed by atoms with Crippen molar-refractivity contribution in [1.82, 2.24) is 10.3 Å². The number of ether oxygens (including phenoxy) is 1. The minimum Gasteiger partial charge on any atom is -0.492 e. The maximum atomic E-state index is 9.22. The summed E-state index contributed by atoms with van der Waals surface area (Å²) in [6.07, 6.45) is 1.82. The third-order valence-electron chi connectivity index (χ3n) is 4.50. The molecule has 0 aliphatic heterocycles. The molecule has 4 nitrogen and oxygen atoms in total. The fraction of sp³-hybridized carbons (Fsp3) is 0.240. The lowest BCUT2D eigenvalue weighted by molar-refractivity contribution is 0.180. The zero-order chi connectivity index (χ0) is 21.4. The number of rotatable bonds is 7. The highest BCUT2D eigenvalue weighted by Gasteiger charge is 2.14. The van der Waals surface area contributed by atoms with Gasteiger partial charge in [-0.25, -0.2) is 4.98 Å². The topological polar surface area (TPSA) is 54.4 Å². The lowest BCUT2D eigenvalue weighted by Crippen LogP contribution is -2.44. The number of nitrogens with one attached hydrogen (secondary N) is 1. The van der Waals surface area contributed by atoms with Crippen LogP contribution in [0.25, 0.3) is 11.1 Å². The van der Waals surface area contributed by atoms with E-state index in [4.69, 9.17) is 16.3 Å². The van der Waals surface area contributed by atoms with E-state index in [2.05, 4.69) is 22.1 Å². The number of benzene rings is 2. The molecular formula is C25H25ClN2O2. The molecule has 3 aromatic rings. The monoisotopic (exact) mass is 420 g/mol. The van der Waals surface area contributed by atoms with E-state index in [0.29, 0.717) is 23.9 Å². The second kappa shape index (κ2) is 10.3. The fourth-order valence-electron chi connectivity index (χ4n) is 2.67. The molecule has 1 aromatic heterocycles. The molecule has 2 N–H and O–H groups in total. The van der Waals surface area contributed by atoms with E-state index in [-0.39, 0.29) is 12.1 Å². The number of hydrogen-bond acceptors (Lipinski definition) is 4. The summed E-state index contributed by atoms with van der Waals surface area (Å²) in [4.78, 5) is 4.43. The van der Waals surface area contributed by atoms with Crippen molar-refractivity contribution < 1.29 is 9.84 Å². The Labute approximate surface area is 182 Å². The Morgan fingerprint density at radius 2 is 1.67 bits per heavy atom. The van der Waals surface area contributed by atoms with Crippen LogP contribution in [0.2, 0.25) is 5.02 Å². The Kier molecular flexibility index (Phi) is 7.48. The van der Waals surface area contributed by atoms with Crippen molar-refractivity contribution in [3.05, 3.63) is 83.1 Å². The van der Waals surface area contributed by atoms with Gasteiger partial charge in [-0.05, 0) is 67.8 Å². The maximum Gasteiger partial charge on any atom is 0.119 e. The summed E-state index contributed by atoms with van der Waals surface area (Å²) in [5, 5.41) is 13.2. The average molecular weight is 421 g/mol. The van der Waals surface area contributed by atoms with Crippen LogP contribution >= 0.6 is 11.6 Å². The third-order valence-corrected chi connectivity index (χ3v) is 4.75. The number of hydrogen-bond donors (Lipinski definition) is 2. The summed E-state index contributed by atoms with van der Waals surface area (Å²) in [5.41, 5.74) is 3.40. The normalized spacial score (nSPS) is 10.9. The molecular weight excluding hydrogens is 396 g/mol. The standard InChI is InChI=1S/C25H25ClN2O2/c1-25(2,18-29)28-15-16-30-24-13-4-19(5-14-24)3-11-23-12-8-21(17-27-23)20-6-9-22(26)10-7-20/h4-10,12-14,17,28-29H,15-16,18H2,1-2H3. The van der Waals surface area contributed by atoms with Crippen LogP contribution in [-0.2, 0) is 0 Å². The smallest absolute Gasteiger partial charge is 0.119 e. The molecule has 0 atom stereocenters. The van der Waals surface area contributed by atoms with Crippen molar-refractivity contribution >= 4 is 11.6 Å². The van der Waals surface area contributed by atoms with Crippen molar-refractivity contribution in [2.24, 2.45) is 0 Å². The molecule has 2 aromatic carbocycles. The molecule has 0 spiro atoms. The molecule has 0 radical (unpaired) electrons. The van der Waals surface area contributed by atoms with E-state index >= 15 is 0 Å². The quantitative estimate of drug-likeness (QED) is 0.435. The van der Waals surface area contributed by atoms with Crippen LogP contribution < -0.4 is 10.1 Å². The summed E-state index contributed by atoms with van der Waals surface area (Å²) >= 11 is 5.93. The van der Waals surface area contributed by atoms with Crippen LogP contribution in [0.3, 0.4) is 0 Å². The van der Waals surface area contributed by atoms with Crippen molar-refractivity contribution in [2.75, 3.05) is 19.8 Å². The average Bonchev–Trinajstić information content (AvgIpc) is 2.77. The van der Waals surface area contributed by atoms with Gasteiger partial charge in [-0.15, -0.1) is 0 Å². The lowest BCUT2D eigenvalue weighted by Gasteiger charge is -2.23. The molecule has 3 rings (SSSR count). The van der Waals surface area contributed by atoms with Gasteiger partial charge in [0.2, 0.25) is 0 Å². The van der Waals surface area contributed by atoms with Gasteiger partial charge in [-0.1, -0.05) is 35.7 Å². The van der Waals surface area contributed by atoms with Gasteiger partial charge in [0.25, 0.3) is 0 Å². The van der Waals surface area contributed by atoms with E-state index in [1.807, 2.05) is 80.7 Å². The lowest BCUT2D eigenvalue weighted by atomic mass is 10.1. The molecule has 0 saturated carbocycles. The summed E-state index contributed by atoms with van der Waals surface area (Å²) in [6.45, 7) is 5.16. The maximum absolute atomic E-state index is 9.22. The van der Waals surface area contributed by atoms with Crippen LogP contribution in [0.15, 0.2) is 66.9 Å². The molecule has 0 fully saturated rings. The first kappa shape index (κ1) is 21.9. The Morgan fingerprint density at radius 1 is 0.967 bits per heavy atom. The third kappa shape index (κ3) is 6.60.